The van der Waals surface area contributed by atoms with E-state index in [1.54, 1.807) is 6.20 Å². The number of pyridine rings is 1. The number of hydrogen-bond donors (Lipinski definition) is 1. The van der Waals surface area contributed by atoms with Crippen LogP contribution >= 0.6 is 0 Å². The van der Waals surface area contributed by atoms with Crippen LogP contribution in [-0.2, 0) is 16.0 Å². The van der Waals surface area contributed by atoms with E-state index in [0.29, 0.717) is 38.3 Å². The number of nitrogens with two attached hydrogens (primary N) is 1. The second kappa shape index (κ2) is 7.75. The number of piperidine rings is 2. The Morgan fingerprint density at radius 2 is 2.21 bits per heavy atom. The fraction of sp³-hybridized carbons (Fsp3) is 0.611. The van der Waals surface area contributed by atoms with Gasteiger partial charge < -0.3 is 15.5 Å². The molecule has 6 nitrogen and oxygen atoms in total. The Morgan fingerprint density at radius 1 is 1.33 bits per heavy atom. The third kappa shape index (κ3) is 3.75. The second-order valence-corrected chi connectivity index (χ2v) is 6.69. The first-order valence-electron chi connectivity index (χ1n) is 8.86. The number of hydrogen-bond acceptors (Lipinski definition) is 4. The lowest BCUT2D eigenvalue weighted by molar-refractivity contribution is -0.144. The van der Waals surface area contributed by atoms with E-state index in [9.17, 15) is 9.59 Å². The Kier molecular flexibility index (Phi) is 5.45. The van der Waals surface area contributed by atoms with Gasteiger partial charge in [0.25, 0.3) is 0 Å². The van der Waals surface area contributed by atoms with Crippen LogP contribution in [0.1, 0.15) is 31.4 Å². The number of carbonyl (C=O) groups excluding carboxylic acids is 2. The van der Waals surface area contributed by atoms with Crippen molar-refractivity contribution in [1.29, 1.82) is 0 Å². The van der Waals surface area contributed by atoms with Crippen molar-refractivity contribution in [2.24, 2.45) is 11.7 Å². The van der Waals surface area contributed by atoms with Crippen molar-refractivity contribution in [2.45, 2.75) is 38.1 Å². The predicted octanol–water partition coefficient (Wildman–Crippen LogP) is 0.812. The van der Waals surface area contributed by atoms with Gasteiger partial charge in [0, 0.05) is 57.0 Å². The molecule has 24 heavy (non-hydrogen) atoms. The summed E-state index contributed by atoms with van der Waals surface area (Å²) in [6, 6.07) is 6.04. The summed E-state index contributed by atoms with van der Waals surface area (Å²) < 4.78 is 0. The third-order valence-corrected chi connectivity index (χ3v) is 5.19. The fourth-order valence-corrected chi connectivity index (χ4v) is 3.95. The first kappa shape index (κ1) is 16.9. The number of rotatable bonds is 5. The first-order valence-corrected chi connectivity index (χ1v) is 8.86. The molecule has 0 saturated carbocycles. The normalized spacial score (nSPS) is 24.0. The number of aromatic nitrogens is 1. The maximum atomic E-state index is 12.5. The summed E-state index contributed by atoms with van der Waals surface area (Å²) in [7, 11) is 0. The van der Waals surface area contributed by atoms with E-state index in [-0.39, 0.29) is 17.9 Å². The van der Waals surface area contributed by atoms with Gasteiger partial charge in [-0.05, 0) is 37.3 Å². The molecule has 0 spiro atoms. The second-order valence-electron chi connectivity index (χ2n) is 6.69. The van der Waals surface area contributed by atoms with Crippen molar-refractivity contribution in [1.82, 2.24) is 14.8 Å². The predicted molar refractivity (Wildman–Crippen MR) is 91.0 cm³/mol. The van der Waals surface area contributed by atoms with Crippen LogP contribution in [0, 0.1) is 5.92 Å². The zero-order valence-electron chi connectivity index (χ0n) is 14.1. The summed E-state index contributed by atoms with van der Waals surface area (Å²) >= 11 is 0. The topological polar surface area (TPSA) is 79.5 Å². The van der Waals surface area contributed by atoms with Crippen LogP contribution in [-0.4, -0.2) is 58.8 Å². The number of amides is 2. The molecule has 0 unspecified atom stereocenters. The van der Waals surface area contributed by atoms with Crippen LogP contribution in [0.25, 0.3) is 0 Å². The quantitative estimate of drug-likeness (QED) is 0.866. The van der Waals surface area contributed by atoms with Crippen molar-refractivity contribution in [3.8, 4) is 0 Å². The molecule has 3 heterocycles. The summed E-state index contributed by atoms with van der Waals surface area (Å²) in [6.45, 7) is 2.63. The van der Waals surface area contributed by atoms with Crippen LogP contribution in [0.4, 0.5) is 0 Å². The van der Waals surface area contributed by atoms with Gasteiger partial charge >= 0.3 is 0 Å². The zero-order valence-corrected chi connectivity index (χ0v) is 14.1. The average Bonchev–Trinajstić information content (AvgIpc) is 2.62. The van der Waals surface area contributed by atoms with E-state index in [0.717, 1.165) is 31.6 Å². The van der Waals surface area contributed by atoms with Gasteiger partial charge in [-0.25, -0.2) is 0 Å². The molecule has 2 amide bonds. The molecule has 1 aromatic heterocycles. The zero-order chi connectivity index (χ0) is 16.9. The summed E-state index contributed by atoms with van der Waals surface area (Å²) in [5.74, 6) is 0.805. The molecular weight excluding hydrogens is 304 g/mol. The van der Waals surface area contributed by atoms with Crippen molar-refractivity contribution < 1.29 is 9.59 Å². The summed E-state index contributed by atoms with van der Waals surface area (Å²) in [5.41, 5.74) is 6.61. The van der Waals surface area contributed by atoms with E-state index < -0.39 is 0 Å². The Bertz CT molecular complexity index is 578. The van der Waals surface area contributed by atoms with Gasteiger partial charge in [-0.1, -0.05) is 6.07 Å². The van der Waals surface area contributed by atoms with E-state index in [1.807, 2.05) is 28.0 Å². The van der Waals surface area contributed by atoms with E-state index in [2.05, 4.69) is 4.98 Å². The van der Waals surface area contributed by atoms with Crippen LogP contribution in [0.3, 0.4) is 0 Å². The highest BCUT2D eigenvalue weighted by atomic mass is 16.2. The maximum Gasteiger partial charge on any atom is 0.222 e. The molecule has 0 aromatic carbocycles. The lowest BCUT2D eigenvalue weighted by Gasteiger charge is -2.47. The molecule has 130 valence electrons. The molecule has 2 N–H and O–H groups in total. The Balaban J connectivity index is 1.54. The minimum absolute atomic E-state index is 0.196. The first-order chi connectivity index (χ1) is 11.7. The number of likely N-dealkylation sites (tertiary alicyclic amines) is 2. The van der Waals surface area contributed by atoms with E-state index in [1.165, 1.54) is 0 Å². The smallest absolute Gasteiger partial charge is 0.222 e. The van der Waals surface area contributed by atoms with Crippen LogP contribution in [0.5, 0.6) is 0 Å². The van der Waals surface area contributed by atoms with Gasteiger partial charge in [-0.15, -0.1) is 0 Å². The molecule has 0 aliphatic carbocycles. The molecule has 2 aliphatic heterocycles. The van der Waals surface area contributed by atoms with Crippen molar-refractivity contribution in [3.05, 3.63) is 30.1 Å². The lowest BCUT2D eigenvalue weighted by Crippen LogP contribution is -2.57. The highest BCUT2D eigenvalue weighted by Crippen LogP contribution is 2.31. The Labute approximate surface area is 143 Å². The minimum atomic E-state index is 0.196. The summed E-state index contributed by atoms with van der Waals surface area (Å²) in [5, 5.41) is 0. The maximum absolute atomic E-state index is 12.5. The SMILES string of the molecule is NCCN1C(=O)CC[C@H]2CN(C(=O)CCc3ccccn3)CC[C@H]21. The van der Waals surface area contributed by atoms with Crippen LogP contribution in [0.15, 0.2) is 24.4 Å². The van der Waals surface area contributed by atoms with Gasteiger partial charge in [0.1, 0.15) is 0 Å². The van der Waals surface area contributed by atoms with Gasteiger partial charge in [-0.2, -0.15) is 0 Å². The Hall–Kier alpha value is -1.95. The molecular formula is C18H26N4O2. The molecule has 6 heteroatoms. The average molecular weight is 330 g/mol. The number of nitrogens with zero attached hydrogens (tertiary/aromatic N) is 3. The molecule has 1 aromatic rings. The summed E-state index contributed by atoms with van der Waals surface area (Å²) in [6.07, 6.45) is 5.27. The lowest BCUT2D eigenvalue weighted by atomic mass is 9.83. The summed E-state index contributed by atoms with van der Waals surface area (Å²) in [4.78, 5) is 32.8. The highest BCUT2D eigenvalue weighted by Gasteiger charge is 2.39. The highest BCUT2D eigenvalue weighted by molar-refractivity contribution is 5.78. The van der Waals surface area contributed by atoms with Crippen molar-refractivity contribution in [2.75, 3.05) is 26.2 Å². The number of aryl methyl sites for hydroxylation is 1. The molecule has 2 aliphatic rings. The molecule has 2 atom stereocenters. The largest absolute Gasteiger partial charge is 0.342 e. The van der Waals surface area contributed by atoms with Crippen molar-refractivity contribution in [3.63, 3.8) is 0 Å². The molecule has 2 fully saturated rings. The van der Waals surface area contributed by atoms with Crippen LogP contribution in [0.2, 0.25) is 0 Å². The fourth-order valence-electron chi connectivity index (χ4n) is 3.95. The molecule has 0 bridgehead atoms. The molecule has 0 radical (unpaired) electrons. The monoisotopic (exact) mass is 330 g/mol. The van der Waals surface area contributed by atoms with Crippen LogP contribution < -0.4 is 5.73 Å². The molecule has 3 rings (SSSR count). The van der Waals surface area contributed by atoms with E-state index in [4.69, 9.17) is 5.73 Å². The van der Waals surface area contributed by atoms with Crippen molar-refractivity contribution >= 4 is 11.8 Å². The minimum Gasteiger partial charge on any atom is -0.342 e. The number of carbonyl (C=O) groups is 2. The van der Waals surface area contributed by atoms with Gasteiger partial charge in [0.15, 0.2) is 0 Å². The van der Waals surface area contributed by atoms with Gasteiger partial charge in [-0.3, -0.25) is 14.6 Å². The Morgan fingerprint density at radius 3 is 2.96 bits per heavy atom. The van der Waals surface area contributed by atoms with Gasteiger partial charge in [0.05, 0.1) is 0 Å². The third-order valence-electron chi connectivity index (χ3n) is 5.19. The standard InChI is InChI=1S/C18H26N4O2/c19-9-12-22-16-8-11-21(13-14(16)4-6-18(22)24)17(23)7-5-15-3-1-2-10-20-15/h1-3,10,14,16H,4-9,11-13,19H2/t14-,16+/m0/s1. The van der Waals surface area contributed by atoms with E-state index >= 15 is 0 Å². The number of fused-ring (bicyclic) bond motifs is 1. The molecule has 2 saturated heterocycles. The van der Waals surface area contributed by atoms with Gasteiger partial charge in [0.2, 0.25) is 11.8 Å².